The van der Waals surface area contributed by atoms with Crippen LogP contribution in [0.3, 0.4) is 0 Å². The van der Waals surface area contributed by atoms with E-state index in [2.05, 4.69) is 48.3 Å². The number of benzene rings is 2. The first-order valence-electron chi connectivity index (χ1n) is 9.76. The number of rotatable bonds is 9. The van der Waals surface area contributed by atoms with Gasteiger partial charge in [-0.2, -0.15) is 0 Å². The zero-order chi connectivity index (χ0) is 19.9. The van der Waals surface area contributed by atoms with Gasteiger partial charge in [-0.15, -0.1) is 0 Å². The summed E-state index contributed by atoms with van der Waals surface area (Å²) in [7, 11) is 1.60. The normalized spacial score (nSPS) is 12.4. The third-order valence-corrected chi connectivity index (χ3v) is 5.13. The third-order valence-electron chi connectivity index (χ3n) is 5.13. The maximum atomic E-state index is 12.0. The zero-order valence-electron chi connectivity index (χ0n) is 16.8. The van der Waals surface area contributed by atoms with Gasteiger partial charge in [0.05, 0.1) is 7.11 Å². The van der Waals surface area contributed by atoms with Crippen molar-refractivity contribution in [1.82, 2.24) is 10.2 Å². The van der Waals surface area contributed by atoms with Gasteiger partial charge < -0.3 is 14.5 Å². The number of likely N-dealkylation sites (N-methyl/N-ethyl adjacent to an activating group) is 1. The van der Waals surface area contributed by atoms with Crippen LogP contribution < -0.4 is 15.7 Å². The summed E-state index contributed by atoms with van der Waals surface area (Å²) >= 11 is 0. The average Bonchev–Trinajstić information content (AvgIpc) is 2.73. The minimum atomic E-state index is -0.346. The van der Waals surface area contributed by atoms with E-state index in [1.54, 1.807) is 19.2 Å². The molecule has 0 fully saturated rings. The molecule has 1 N–H and O–H groups in total. The highest BCUT2D eigenvalue weighted by atomic mass is 16.5. The van der Waals surface area contributed by atoms with Crippen LogP contribution in [0.5, 0.6) is 5.75 Å². The Bertz CT molecular complexity index is 949. The molecule has 5 nitrogen and oxygen atoms in total. The molecule has 1 aromatic heterocycles. The molecule has 28 heavy (non-hydrogen) atoms. The monoisotopic (exact) mass is 380 g/mol. The quantitative estimate of drug-likeness (QED) is 0.569. The van der Waals surface area contributed by atoms with Gasteiger partial charge in [0.25, 0.3) is 0 Å². The van der Waals surface area contributed by atoms with Gasteiger partial charge in [0, 0.05) is 36.7 Å². The summed E-state index contributed by atoms with van der Waals surface area (Å²) in [5.41, 5.74) is 2.43. The highest BCUT2D eigenvalue weighted by molar-refractivity contribution is 5.81. The summed E-state index contributed by atoms with van der Waals surface area (Å²) in [4.78, 5) is 14.4. The van der Waals surface area contributed by atoms with Crippen LogP contribution >= 0.6 is 0 Å². The van der Waals surface area contributed by atoms with Gasteiger partial charge in [-0.05, 0) is 36.3 Å². The van der Waals surface area contributed by atoms with Gasteiger partial charge in [0.1, 0.15) is 11.3 Å². The molecule has 0 radical (unpaired) electrons. The Hall–Kier alpha value is -2.63. The van der Waals surface area contributed by atoms with Crippen LogP contribution in [-0.4, -0.2) is 31.6 Å². The molecule has 0 aliphatic carbocycles. The first kappa shape index (κ1) is 20.1. The summed E-state index contributed by atoms with van der Waals surface area (Å²) < 4.78 is 10.6. The van der Waals surface area contributed by atoms with Crippen LogP contribution in [0.15, 0.2) is 63.8 Å². The number of hydrogen-bond acceptors (Lipinski definition) is 5. The molecule has 3 aromatic rings. The van der Waals surface area contributed by atoms with E-state index < -0.39 is 0 Å². The van der Waals surface area contributed by atoms with Crippen molar-refractivity contribution < 1.29 is 9.15 Å². The summed E-state index contributed by atoms with van der Waals surface area (Å²) in [6.45, 7) is 7.72. The molecule has 0 aliphatic rings. The number of hydrogen-bond donors (Lipinski definition) is 1. The zero-order valence-corrected chi connectivity index (χ0v) is 16.8. The molecule has 0 saturated carbocycles. The molecule has 1 atom stereocenters. The van der Waals surface area contributed by atoms with E-state index in [-0.39, 0.29) is 11.7 Å². The van der Waals surface area contributed by atoms with Gasteiger partial charge in [-0.3, -0.25) is 4.90 Å². The smallest absolute Gasteiger partial charge is 0.336 e. The largest absolute Gasteiger partial charge is 0.497 e. The van der Waals surface area contributed by atoms with Gasteiger partial charge in [-0.25, -0.2) is 4.79 Å². The van der Waals surface area contributed by atoms with Crippen molar-refractivity contribution in [3.8, 4) is 5.75 Å². The molecule has 0 unspecified atom stereocenters. The van der Waals surface area contributed by atoms with Gasteiger partial charge in [0.2, 0.25) is 0 Å². The highest BCUT2D eigenvalue weighted by Crippen LogP contribution is 2.23. The molecule has 1 heterocycles. The third kappa shape index (κ3) is 4.61. The lowest BCUT2D eigenvalue weighted by Gasteiger charge is -2.30. The van der Waals surface area contributed by atoms with Crippen LogP contribution in [0.25, 0.3) is 11.0 Å². The fourth-order valence-corrected chi connectivity index (χ4v) is 3.62. The van der Waals surface area contributed by atoms with Crippen molar-refractivity contribution in [3.63, 3.8) is 0 Å². The summed E-state index contributed by atoms with van der Waals surface area (Å²) in [6, 6.07) is 18.0. The van der Waals surface area contributed by atoms with Crippen LogP contribution in [0.4, 0.5) is 0 Å². The maximum absolute atomic E-state index is 12.0. The Morgan fingerprint density at radius 2 is 1.82 bits per heavy atom. The lowest BCUT2D eigenvalue weighted by molar-refractivity contribution is 0.213. The molecule has 0 bridgehead atoms. The molecule has 0 spiro atoms. The van der Waals surface area contributed by atoms with Crippen molar-refractivity contribution in [2.75, 3.05) is 26.7 Å². The number of nitrogens with one attached hydrogen (secondary N) is 1. The van der Waals surface area contributed by atoms with Crippen molar-refractivity contribution >= 4 is 11.0 Å². The molecule has 2 aromatic carbocycles. The van der Waals surface area contributed by atoms with Gasteiger partial charge in [-0.1, -0.05) is 44.2 Å². The van der Waals surface area contributed by atoms with E-state index in [1.165, 1.54) is 5.56 Å². The topological polar surface area (TPSA) is 54.7 Å². The first-order chi connectivity index (χ1) is 13.7. The Kier molecular flexibility index (Phi) is 6.85. The first-order valence-corrected chi connectivity index (χ1v) is 9.76. The van der Waals surface area contributed by atoms with Crippen LogP contribution in [-0.2, 0) is 6.54 Å². The van der Waals surface area contributed by atoms with Crippen molar-refractivity contribution in [2.24, 2.45) is 0 Å². The minimum absolute atomic E-state index is 0.280. The highest BCUT2D eigenvalue weighted by Gasteiger charge is 2.17. The number of methoxy groups -OCH3 is 1. The van der Waals surface area contributed by atoms with Crippen LogP contribution in [0.2, 0.25) is 0 Å². The lowest BCUT2D eigenvalue weighted by Crippen LogP contribution is -2.35. The molecular weight excluding hydrogens is 352 g/mol. The minimum Gasteiger partial charge on any atom is -0.497 e. The van der Waals surface area contributed by atoms with E-state index >= 15 is 0 Å². The molecule has 0 saturated heterocycles. The molecule has 5 heteroatoms. The second kappa shape index (κ2) is 9.53. The van der Waals surface area contributed by atoms with Crippen LogP contribution in [0.1, 0.15) is 31.0 Å². The summed E-state index contributed by atoms with van der Waals surface area (Å²) in [5, 5.41) is 4.47. The molecule has 0 amide bonds. The van der Waals surface area contributed by atoms with Crippen LogP contribution in [0, 0.1) is 0 Å². The fourth-order valence-electron chi connectivity index (χ4n) is 3.62. The van der Waals surface area contributed by atoms with E-state index in [0.717, 1.165) is 30.6 Å². The van der Waals surface area contributed by atoms with E-state index in [1.807, 2.05) is 18.2 Å². The van der Waals surface area contributed by atoms with Crippen molar-refractivity contribution in [1.29, 1.82) is 0 Å². The predicted octanol–water partition coefficient (Wildman–Crippen LogP) is 3.97. The van der Waals surface area contributed by atoms with Crippen molar-refractivity contribution in [2.45, 2.75) is 26.4 Å². The molecular formula is C23H28N2O3. The predicted molar refractivity (Wildman–Crippen MR) is 113 cm³/mol. The van der Waals surface area contributed by atoms with Gasteiger partial charge in [0.15, 0.2) is 0 Å². The Balaban J connectivity index is 1.79. The molecule has 3 rings (SSSR count). The second-order valence-electron chi connectivity index (χ2n) is 6.73. The van der Waals surface area contributed by atoms with E-state index in [0.29, 0.717) is 17.9 Å². The Morgan fingerprint density at radius 3 is 2.50 bits per heavy atom. The second-order valence-corrected chi connectivity index (χ2v) is 6.73. The average molecular weight is 380 g/mol. The summed E-state index contributed by atoms with van der Waals surface area (Å²) in [5.74, 6) is 0.673. The SMILES string of the molecule is CCN(CC)[C@H](CNCc1cc(=O)oc2cc(OC)ccc12)c1ccccc1. The maximum Gasteiger partial charge on any atom is 0.336 e. The Labute approximate surface area is 165 Å². The van der Waals surface area contributed by atoms with Gasteiger partial charge >= 0.3 is 5.63 Å². The summed E-state index contributed by atoms with van der Waals surface area (Å²) in [6.07, 6.45) is 0. The van der Waals surface area contributed by atoms with E-state index in [9.17, 15) is 4.79 Å². The molecule has 148 valence electrons. The van der Waals surface area contributed by atoms with Crippen molar-refractivity contribution in [3.05, 3.63) is 76.1 Å². The lowest BCUT2D eigenvalue weighted by atomic mass is 10.0. The number of ether oxygens (including phenoxy) is 1. The standard InChI is InChI=1S/C23H28N2O3/c1-4-25(5-2)21(17-9-7-6-8-10-17)16-24-15-18-13-23(26)28-22-14-19(27-3)11-12-20(18)22/h6-14,21,24H,4-5,15-16H2,1-3H3/t21-/m1/s1. The molecule has 0 aliphatic heterocycles. The fraction of sp³-hybridized carbons (Fsp3) is 0.348. The van der Waals surface area contributed by atoms with E-state index in [4.69, 9.17) is 9.15 Å². The number of fused-ring (bicyclic) bond motifs is 1. The number of nitrogens with zero attached hydrogens (tertiary/aromatic N) is 1. The Morgan fingerprint density at radius 1 is 1.07 bits per heavy atom.